The lowest BCUT2D eigenvalue weighted by Gasteiger charge is -2.30. The van der Waals surface area contributed by atoms with Crippen LogP contribution in [0.2, 0.25) is 5.02 Å². The molecule has 16 heavy (non-hydrogen) atoms. The number of anilines is 1. The highest BCUT2D eigenvalue weighted by molar-refractivity contribution is 6.30. The fraction of sp³-hybridized carbons (Fsp3) is 0.545. The number of aliphatic hydroxyl groups excluding tert-OH is 2. The first-order chi connectivity index (χ1) is 7.23. The van der Waals surface area contributed by atoms with Crippen molar-refractivity contribution in [3.8, 4) is 0 Å². The van der Waals surface area contributed by atoms with Crippen LogP contribution in [0.5, 0.6) is 0 Å². The Labute approximate surface area is 100 Å². The van der Waals surface area contributed by atoms with Gasteiger partial charge < -0.3 is 15.9 Å². The Kier molecular flexibility index (Phi) is 3.78. The summed E-state index contributed by atoms with van der Waals surface area (Å²) in [6.45, 7) is 5.49. The van der Waals surface area contributed by atoms with Gasteiger partial charge in [-0.3, -0.25) is 0 Å². The molecule has 1 rings (SSSR count). The third kappa shape index (κ3) is 2.84. The van der Waals surface area contributed by atoms with Crippen molar-refractivity contribution >= 4 is 17.4 Å². The van der Waals surface area contributed by atoms with Crippen LogP contribution in [-0.4, -0.2) is 21.3 Å². The van der Waals surface area contributed by atoms with Crippen LogP contribution < -0.4 is 5.73 Å². The van der Waals surface area contributed by atoms with E-state index in [1.54, 1.807) is 0 Å². The molecule has 0 saturated heterocycles. The molecule has 1 aromatic heterocycles. The van der Waals surface area contributed by atoms with E-state index in [-0.39, 0.29) is 5.82 Å². The van der Waals surface area contributed by atoms with Gasteiger partial charge in [0.25, 0.3) is 0 Å². The fourth-order valence-electron chi connectivity index (χ4n) is 1.35. The van der Waals surface area contributed by atoms with Crippen molar-refractivity contribution in [3.05, 3.63) is 22.8 Å². The van der Waals surface area contributed by atoms with Gasteiger partial charge in [-0.15, -0.1) is 0 Å². The van der Waals surface area contributed by atoms with Crippen molar-refractivity contribution < 1.29 is 10.2 Å². The van der Waals surface area contributed by atoms with E-state index in [4.69, 9.17) is 17.3 Å². The second-order valence-corrected chi connectivity index (χ2v) is 5.32. The zero-order chi connectivity index (χ0) is 12.5. The third-order valence-electron chi connectivity index (χ3n) is 2.42. The van der Waals surface area contributed by atoms with Gasteiger partial charge in [-0.2, -0.15) is 0 Å². The van der Waals surface area contributed by atoms with Crippen LogP contribution in [0.1, 0.15) is 32.4 Å². The van der Waals surface area contributed by atoms with Gasteiger partial charge in [0, 0.05) is 11.8 Å². The number of hydrogen-bond donors (Lipinski definition) is 3. The molecule has 0 fully saturated rings. The van der Waals surface area contributed by atoms with Crippen molar-refractivity contribution in [2.24, 2.45) is 5.41 Å². The van der Waals surface area contributed by atoms with Crippen LogP contribution in [0.4, 0.5) is 5.82 Å². The Hall–Kier alpha value is -0.840. The molecule has 2 atom stereocenters. The average Bonchev–Trinajstić information content (AvgIpc) is 2.18. The first-order valence-electron chi connectivity index (χ1n) is 5.00. The van der Waals surface area contributed by atoms with Gasteiger partial charge in [-0.05, 0) is 11.5 Å². The third-order valence-corrected chi connectivity index (χ3v) is 2.63. The first-order valence-corrected chi connectivity index (χ1v) is 5.38. The van der Waals surface area contributed by atoms with Gasteiger partial charge in [0.15, 0.2) is 0 Å². The van der Waals surface area contributed by atoms with E-state index >= 15 is 0 Å². The van der Waals surface area contributed by atoms with E-state index in [1.165, 1.54) is 12.3 Å². The largest absolute Gasteiger partial charge is 0.390 e. The Morgan fingerprint density at radius 2 is 1.94 bits per heavy atom. The van der Waals surface area contributed by atoms with Gasteiger partial charge in [0.05, 0.1) is 11.1 Å². The predicted octanol–water partition coefficient (Wildman–Crippen LogP) is 1.76. The molecule has 0 bridgehead atoms. The standard InChI is InChI=1S/C11H17ClN2O2/c1-11(2,3)9(16)8(15)7-4-6(12)5-14-10(7)13/h4-5,8-9,15-16H,1-3H3,(H2,13,14). The van der Waals surface area contributed by atoms with Gasteiger partial charge in [0.2, 0.25) is 0 Å². The van der Waals surface area contributed by atoms with Gasteiger partial charge in [-0.1, -0.05) is 32.4 Å². The number of hydrogen-bond acceptors (Lipinski definition) is 4. The maximum atomic E-state index is 10.0. The molecule has 2 unspecified atom stereocenters. The summed E-state index contributed by atoms with van der Waals surface area (Å²) in [5, 5.41) is 20.3. The van der Waals surface area contributed by atoms with Crippen LogP contribution in [-0.2, 0) is 0 Å². The smallest absolute Gasteiger partial charge is 0.129 e. The molecule has 0 aliphatic rings. The summed E-state index contributed by atoms with van der Waals surface area (Å²) < 4.78 is 0. The van der Waals surface area contributed by atoms with Crippen molar-refractivity contribution in [1.82, 2.24) is 4.98 Å². The van der Waals surface area contributed by atoms with E-state index in [9.17, 15) is 10.2 Å². The zero-order valence-corrected chi connectivity index (χ0v) is 10.4. The van der Waals surface area contributed by atoms with E-state index in [2.05, 4.69) is 4.98 Å². The summed E-state index contributed by atoms with van der Waals surface area (Å²) in [4.78, 5) is 3.84. The summed E-state index contributed by atoms with van der Waals surface area (Å²) in [6, 6.07) is 1.52. The lowest BCUT2D eigenvalue weighted by atomic mass is 9.84. The summed E-state index contributed by atoms with van der Waals surface area (Å²) in [6.07, 6.45) is -0.627. The molecule has 0 aliphatic heterocycles. The van der Waals surface area contributed by atoms with E-state index < -0.39 is 17.6 Å². The van der Waals surface area contributed by atoms with Crippen molar-refractivity contribution in [1.29, 1.82) is 0 Å². The Bertz CT molecular complexity index is 377. The normalized spacial score (nSPS) is 15.9. The number of halogens is 1. The summed E-state index contributed by atoms with van der Waals surface area (Å²) >= 11 is 5.77. The molecule has 0 spiro atoms. The molecule has 0 aromatic carbocycles. The highest BCUT2D eigenvalue weighted by Gasteiger charge is 2.31. The molecule has 5 heteroatoms. The van der Waals surface area contributed by atoms with Crippen LogP contribution in [0.3, 0.4) is 0 Å². The molecule has 0 saturated carbocycles. The summed E-state index contributed by atoms with van der Waals surface area (Å²) in [5.74, 6) is 0.181. The predicted molar refractivity (Wildman–Crippen MR) is 64.1 cm³/mol. The van der Waals surface area contributed by atoms with Crippen LogP contribution >= 0.6 is 11.6 Å². The molecule has 0 amide bonds. The topological polar surface area (TPSA) is 79.4 Å². The minimum absolute atomic E-state index is 0.181. The quantitative estimate of drug-likeness (QED) is 0.741. The lowest BCUT2D eigenvalue weighted by molar-refractivity contribution is -0.0456. The van der Waals surface area contributed by atoms with Gasteiger partial charge in [0.1, 0.15) is 11.9 Å². The number of pyridine rings is 1. The van der Waals surface area contributed by atoms with E-state index in [0.29, 0.717) is 10.6 Å². The van der Waals surface area contributed by atoms with Crippen LogP contribution in [0.15, 0.2) is 12.3 Å². The van der Waals surface area contributed by atoms with Crippen molar-refractivity contribution in [2.45, 2.75) is 33.0 Å². The average molecular weight is 245 g/mol. The zero-order valence-electron chi connectivity index (χ0n) is 9.61. The summed E-state index contributed by atoms with van der Waals surface area (Å²) in [7, 11) is 0. The molecule has 1 heterocycles. The number of nitrogen functional groups attached to an aromatic ring is 1. The molecule has 90 valence electrons. The minimum atomic E-state index is -1.09. The molecule has 4 nitrogen and oxygen atoms in total. The minimum Gasteiger partial charge on any atom is -0.390 e. The summed E-state index contributed by atoms with van der Waals surface area (Å²) in [5.41, 5.74) is 5.54. The molecular weight excluding hydrogens is 228 g/mol. The van der Waals surface area contributed by atoms with E-state index in [0.717, 1.165) is 0 Å². The van der Waals surface area contributed by atoms with Crippen molar-refractivity contribution in [3.63, 3.8) is 0 Å². The Morgan fingerprint density at radius 1 is 1.38 bits per heavy atom. The second-order valence-electron chi connectivity index (χ2n) is 4.88. The Morgan fingerprint density at radius 3 is 2.44 bits per heavy atom. The fourth-order valence-corrected chi connectivity index (χ4v) is 1.51. The highest BCUT2D eigenvalue weighted by atomic mass is 35.5. The van der Waals surface area contributed by atoms with Gasteiger partial charge in [-0.25, -0.2) is 4.98 Å². The first kappa shape index (κ1) is 13.2. The molecule has 0 aliphatic carbocycles. The molecule has 4 N–H and O–H groups in total. The maximum Gasteiger partial charge on any atom is 0.129 e. The van der Waals surface area contributed by atoms with Crippen molar-refractivity contribution in [2.75, 3.05) is 5.73 Å². The molecule has 1 aromatic rings. The highest BCUT2D eigenvalue weighted by Crippen LogP contribution is 2.32. The number of aliphatic hydroxyl groups is 2. The second kappa shape index (κ2) is 4.57. The number of nitrogens with two attached hydrogens (primary N) is 1. The number of nitrogens with zero attached hydrogens (tertiary/aromatic N) is 1. The van der Waals surface area contributed by atoms with Crippen LogP contribution in [0.25, 0.3) is 0 Å². The van der Waals surface area contributed by atoms with Gasteiger partial charge >= 0.3 is 0 Å². The SMILES string of the molecule is CC(C)(C)C(O)C(O)c1cc(Cl)cnc1N. The molecule has 0 radical (unpaired) electrons. The monoisotopic (exact) mass is 244 g/mol. The molecular formula is C11H17ClN2O2. The van der Waals surface area contributed by atoms with Crippen LogP contribution in [0, 0.1) is 5.41 Å². The van der Waals surface area contributed by atoms with E-state index in [1.807, 2.05) is 20.8 Å². The number of rotatable bonds is 2. The Balaban J connectivity index is 3.05. The number of aromatic nitrogens is 1. The lowest BCUT2D eigenvalue weighted by Crippen LogP contribution is -2.32. The maximum absolute atomic E-state index is 10.0.